The topological polar surface area (TPSA) is 55.1 Å². The molecular weight excluding hydrogens is 244 g/mol. The number of hydrogen-bond acceptors (Lipinski definition) is 2. The van der Waals surface area contributed by atoms with E-state index in [-0.39, 0.29) is 5.91 Å². The Hall–Kier alpha value is -0.870. The SMILES string of the molecule is Cc1cccc(NC(=O)CCN)c1Br. The Kier molecular flexibility index (Phi) is 4.10. The number of aryl methyl sites for hydroxylation is 1. The highest BCUT2D eigenvalue weighted by Gasteiger charge is 2.05. The van der Waals surface area contributed by atoms with Crippen LogP contribution in [0, 0.1) is 6.92 Å². The van der Waals surface area contributed by atoms with E-state index < -0.39 is 0 Å². The highest BCUT2D eigenvalue weighted by Crippen LogP contribution is 2.25. The van der Waals surface area contributed by atoms with E-state index in [0.717, 1.165) is 15.7 Å². The van der Waals surface area contributed by atoms with Crippen LogP contribution in [0.25, 0.3) is 0 Å². The highest BCUT2D eigenvalue weighted by atomic mass is 79.9. The zero-order chi connectivity index (χ0) is 10.6. The molecule has 1 amide bonds. The van der Waals surface area contributed by atoms with Gasteiger partial charge in [-0.3, -0.25) is 4.79 Å². The first-order valence-corrected chi connectivity index (χ1v) is 5.19. The van der Waals surface area contributed by atoms with Gasteiger partial charge < -0.3 is 11.1 Å². The number of nitrogens with two attached hydrogens (primary N) is 1. The third-order valence-corrected chi connectivity index (χ3v) is 2.89. The maximum Gasteiger partial charge on any atom is 0.225 e. The summed E-state index contributed by atoms with van der Waals surface area (Å²) in [7, 11) is 0. The zero-order valence-corrected chi connectivity index (χ0v) is 9.60. The summed E-state index contributed by atoms with van der Waals surface area (Å²) in [6.45, 7) is 2.35. The molecule has 0 fully saturated rings. The van der Waals surface area contributed by atoms with Crippen molar-refractivity contribution in [1.82, 2.24) is 0 Å². The molecule has 14 heavy (non-hydrogen) atoms. The molecule has 0 saturated carbocycles. The number of hydrogen-bond donors (Lipinski definition) is 2. The van der Waals surface area contributed by atoms with Crippen LogP contribution >= 0.6 is 15.9 Å². The van der Waals surface area contributed by atoms with Crippen molar-refractivity contribution in [3.63, 3.8) is 0 Å². The van der Waals surface area contributed by atoms with Crippen LogP contribution in [0.15, 0.2) is 22.7 Å². The number of amides is 1. The first kappa shape index (κ1) is 11.2. The van der Waals surface area contributed by atoms with Gasteiger partial charge in [-0.2, -0.15) is 0 Å². The molecule has 0 radical (unpaired) electrons. The lowest BCUT2D eigenvalue weighted by molar-refractivity contribution is -0.116. The monoisotopic (exact) mass is 256 g/mol. The third-order valence-electron chi connectivity index (χ3n) is 1.84. The van der Waals surface area contributed by atoms with Crippen molar-refractivity contribution in [1.29, 1.82) is 0 Å². The zero-order valence-electron chi connectivity index (χ0n) is 8.01. The van der Waals surface area contributed by atoms with Gasteiger partial charge in [0.15, 0.2) is 0 Å². The van der Waals surface area contributed by atoms with Crippen molar-refractivity contribution in [2.45, 2.75) is 13.3 Å². The number of nitrogens with one attached hydrogen (secondary N) is 1. The van der Waals surface area contributed by atoms with Gasteiger partial charge in [-0.1, -0.05) is 12.1 Å². The van der Waals surface area contributed by atoms with Gasteiger partial charge >= 0.3 is 0 Å². The van der Waals surface area contributed by atoms with Crippen LogP contribution in [0.1, 0.15) is 12.0 Å². The van der Waals surface area contributed by atoms with E-state index in [2.05, 4.69) is 21.2 Å². The summed E-state index contributed by atoms with van der Waals surface area (Å²) in [6, 6.07) is 5.73. The van der Waals surface area contributed by atoms with Gasteiger partial charge in [0, 0.05) is 17.4 Å². The normalized spacial score (nSPS) is 9.93. The van der Waals surface area contributed by atoms with E-state index in [0.29, 0.717) is 13.0 Å². The second-order valence-electron chi connectivity index (χ2n) is 3.02. The molecule has 0 saturated heterocycles. The lowest BCUT2D eigenvalue weighted by atomic mass is 10.2. The molecule has 0 unspecified atom stereocenters. The fraction of sp³-hybridized carbons (Fsp3) is 0.300. The first-order chi connectivity index (χ1) is 6.65. The third kappa shape index (κ3) is 2.82. The number of anilines is 1. The predicted octanol–water partition coefficient (Wildman–Crippen LogP) is 2.04. The average Bonchev–Trinajstić information content (AvgIpc) is 2.13. The summed E-state index contributed by atoms with van der Waals surface area (Å²) in [5, 5.41) is 2.79. The minimum absolute atomic E-state index is 0.0567. The summed E-state index contributed by atoms with van der Waals surface area (Å²) >= 11 is 3.41. The van der Waals surface area contributed by atoms with Gasteiger partial charge in [0.1, 0.15) is 0 Å². The second kappa shape index (κ2) is 5.12. The van der Waals surface area contributed by atoms with Crippen LogP contribution < -0.4 is 11.1 Å². The Morgan fingerprint density at radius 2 is 2.29 bits per heavy atom. The summed E-state index contributed by atoms with van der Waals surface area (Å²) in [4.78, 5) is 11.3. The summed E-state index contributed by atoms with van der Waals surface area (Å²) in [6.07, 6.45) is 0.348. The first-order valence-electron chi connectivity index (χ1n) is 4.40. The molecule has 0 spiro atoms. The van der Waals surface area contributed by atoms with Gasteiger partial charge in [-0.05, 0) is 34.5 Å². The molecule has 1 aromatic carbocycles. The Morgan fingerprint density at radius 1 is 1.57 bits per heavy atom. The van der Waals surface area contributed by atoms with Crippen LogP contribution in [-0.4, -0.2) is 12.5 Å². The molecule has 0 aromatic heterocycles. The Bertz CT molecular complexity index is 339. The standard InChI is InChI=1S/C10H13BrN2O/c1-7-3-2-4-8(10(7)11)13-9(14)5-6-12/h2-4H,5-6,12H2,1H3,(H,13,14). The van der Waals surface area contributed by atoms with E-state index >= 15 is 0 Å². The van der Waals surface area contributed by atoms with Crippen LogP contribution in [0.4, 0.5) is 5.69 Å². The van der Waals surface area contributed by atoms with E-state index in [9.17, 15) is 4.79 Å². The maximum absolute atomic E-state index is 11.3. The number of rotatable bonds is 3. The lowest BCUT2D eigenvalue weighted by Crippen LogP contribution is -2.16. The maximum atomic E-state index is 11.3. The molecule has 1 aromatic rings. The quantitative estimate of drug-likeness (QED) is 0.870. The number of carbonyl (C=O) groups excluding carboxylic acids is 1. The molecular formula is C10H13BrN2O. The van der Waals surface area contributed by atoms with Gasteiger partial charge in [-0.25, -0.2) is 0 Å². The Balaban J connectivity index is 2.76. The largest absolute Gasteiger partial charge is 0.330 e. The number of benzene rings is 1. The summed E-state index contributed by atoms with van der Waals surface area (Å²) in [5.74, 6) is -0.0567. The molecule has 0 aliphatic rings. The minimum Gasteiger partial charge on any atom is -0.330 e. The van der Waals surface area contributed by atoms with Crippen molar-refractivity contribution in [2.24, 2.45) is 5.73 Å². The summed E-state index contributed by atoms with van der Waals surface area (Å²) in [5.41, 5.74) is 7.17. The lowest BCUT2D eigenvalue weighted by Gasteiger charge is -2.08. The van der Waals surface area contributed by atoms with E-state index in [1.165, 1.54) is 0 Å². The molecule has 4 heteroatoms. The molecule has 3 N–H and O–H groups in total. The van der Waals surface area contributed by atoms with Crippen molar-refractivity contribution in [3.05, 3.63) is 28.2 Å². The van der Waals surface area contributed by atoms with Crippen LogP contribution in [0.2, 0.25) is 0 Å². The molecule has 0 heterocycles. The average molecular weight is 257 g/mol. The van der Waals surface area contributed by atoms with Gasteiger partial charge in [0.2, 0.25) is 5.91 Å². The molecule has 0 aliphatic heterocycles. The van der Waals surface area contributed by atoms with Crippen molar-refractivity contribution >= 4 is 27.5 Å². The highest BCUT2D eigenvalue weighted by molar-refractivity contribution is 9.10. The molecule has 1 rings (SSSR count). The molecule has 0 bridgehead atoms. The van der Waals surface area contributed by atoms with Gasteiger partial charge in [0.25, 0.3) is 0 Å². The predicted molar refractivity (Wildman–Crippen MR) is 61.2 cm³/mol. The molecule has 0 aliphatic carbocycles. The Morgan fingerprint density at radius 3 is 2.93 bits per heavy atom. The minimum atomic E-state index is -0.0567. The number of carbonyl (C=O) groups is 1. The number of halogens is 1. The van der Waals surface area contributed by atoms with Gasteiger partial charge in [-0.15, -0.1) is 0 Å². The van der Waals surface area contributed by atoms with E-state index in [1.807, 2.05) is 25.1 Å². The van der Waals surface area contributed by atoms with Crippen LogP contribution in [0.3, 0.4) is 0 Å². The van der Waals surface area contributed by atoms with Gasteiger partial charge in [0.05, 0.1) is 5.69 Å². The van der Waals surface area contributed by atoms with E-state index in [1.54, 1.807) is 0 Å². The second-order valence-corrected chi connectivity index (χ2v) is 3.82. The fourth-order valence-electron chi connectivity index (χ4n) is 1.09. The van der Waals surface area contributed by atoms with Crippen LogP contribution in [-0.2, 0) is 4.79 Å². The van der Waals surface area contributed by atoms with Crippen molar-refractivity contribution in [2.75, 3.05) is 11.9 Å². The molecule has 76 valence electrons. The van der Waals surface area contributed by atoms with Crippen molar-refractivity contribution < 1.29 is 4.79 Å². The summed E-state index contributed by atoms with van der Waals surface area (Å²) < 4.78 is 0.922. The van der Waals surface area contributed by atoms with E-state index in [4.69, 9.17) is 5.73 Å². The Labute approximate surface area is 91.8 Å². The fourth-order valence-corrected chi connectivity index (χ4v) is 1.45. The molecule has 3 nitrogen and oxygen atoms in total. The van der Waals surface area contributed by atoms with Crippen LogP contribution in [0.5, 0.6) is 0 Å². The van der Waals surface area contributed by atoms with Crippen molar-refractivity contribution in [3.8, 4) is 0 Å². The smallest absolute Gasteiger partial charge is 0.225 e. The molecule has 0 atom stereocenters.